The molecule has 2 aromatic carbocycles. The first kappa shape index (κ1) is 18.7. The summed E-state index contributed by atoms with van der Waals surface area (Å²) in [4.78, 5) is 29.5. The number of hydrogen-bond acceptors (Lipinski definition) is 2. The monoisotopic (exact) mass is 439 g/mol. The van der Waals surface area contributed by atoms with Gasteiger partial charge < -0.3 is 15.2 Å². The summed E-state index contributed by atoms with van der Waals surface area (Å²) in [5, 5.41) is 4.07. The lowest BCUT2D eigenvalue weighted by atomic mass is 10.1. The molecule has 0 atom stereocenters. The van der Waals surface area contributed by atoms with Crippen LogP contribution in [0.4, 0.5) is 5.69 Å². The maximum Gasteiger partial charge on any atom is 0.227 e. The molecule has 28 heavy (non-hydrogen) atoms. The Morgan fingerprint density at radius 1 is 1.21 bits per heavy atom. The van der Waals surface area contributed by atoms with E-state index in [9.17, 15) is 9.59 Å². The molecule has 1 aromatic heterocycles. The zero-order chi connectivity index (χ0) is 19.7. The second-order valence-electron chi connectivity index (χ2n) is 7.19. The second-order valence-corrected chi connectivity index (χ2v) is 8.10. The fraction of sp³-hybridized carbons (Fsp3) is 0.273. The summed E-state index contributed by atoms with van der Waals surface area (Å²) in [6.07, 6.45) is 1.88. The number of hydrogen-bond donors (Lipinski definition) is 2. The molecule has 144 valence electrons. The molecular formula is C22H22BrN3O2. The maximum atomic E-state index is 12.5. The minimum absolute atomic E-state index is 0.0113. The number of benzene rings is 2. The van der Waals surface area contributed by atoms with Crippen LogP contribution in [0.15, 0.2) is 46.9 Å². The van der Waals surface area contributed by atoms with E-state index in [2.05, 4.69) is 26.2 Å². The van der Waals surface area contributed by atoms with E-state index in [-0.39, 0.29) is 11.8 Å². The summed E-state index contributed by atoms with van der Waals surface area (Å²) in [6.45, 7) is 3.25. The first-order valence-corrected chi connectivity index (χ1v) is 10.2. The van der Waals surface area contributed by atoms with Crippen LogP contribution in [-0.2, 0) is 22.6 Å². The van der Waals surface area contributed by atoms with Gasteiger partial charge in [0.05, 0.1) is 6.42 Å². The van der Waals surface area contributed by atoms with E-state index in [4.69, 9.17) is 0 Å². The minimum Gasteiger partial charge on any atom is -0.358 e. The van der Waals surface area contributed by atoms with E-state index < -0.39 is 0 Å². The number of fused-ring (bicyclic) bond motifs is 1. The average molecular weight is 440 g/mol. The number of aromatic amines is 1. The lowest BCUT2D eigenvalue weighted by molar-refractivity contribution is -0.120. The Bertz CT molecular complexity index is 1040. The third-order valence-corrected chi connectivity index (χ3v) is 5.72. The minimum atomic E-state index is -0.0113. The number of anilines is 1. The van der Waals surface area contributed by atoms with Gasteiger partial charge in [0, 0.05) is 46.3 Å². The van der Waals surface area contributed by atoms with E-state index in [1.165, 1.54) is 0 Å². The molecule has 2 amide bonds. The molecule has 0 spiro atoms. The molecule has 0 bridgehead atoms. The molecule has 1 aliphatic rings. The van der Waals surface area contributed by atoms with Crippen molar-refractivity contribution in [2.45, 2.75) is 32.7 Å². The lowest BCUT2D eigenvalue weighted by Gasteiger charge is -2.16. The van der Waals surface area contributed by atoms with Gasteiger partial charge in [-0.2, -0.15) is 0 Å². The van der Waals surface area contributed by atoms with Crippen LogP contribution >= 0.6 is 15.9 Å². The smallest absolute Gasteiger partial charge is 0.227 e. The molecule has 1 fully saturated rings. The highest BCUT2D eigenvalue weighted by molar-refractivity contribution is 9.10. The van der Waals surface area contributed by atoms with E-state index in [0.717, 1.165) is 50.8 Å². The van der Waals surface area contributed by atoms with Crippen LogP contribution in [-0.4, -0.2) is 23.3 Å². The molecule has 3 aromatic rings. The van der Waals surface area contributed by atoms with Crippen LogP contribution in [0.25, 0.3) is 10.9 Å². The van der Waals surface area contributed by atoms with Gasteiger partial charge in [0.25, 0.3) is 0 Å². The number of nitrogens with one attached hydrogen (secondary N) is 2. The predicted octanol–water partition coefficient (Wildman–Crippen LogP) is 4.22. The Hall–Kier alpha value is -2.60. The van der Waals surface area contributed by atoms with Gasteiger partial charge in [0.2, 0.25) is 11.8 Å². The van der Waals surface area contributed by atoms with Crippen LogP contribution in [0.2, 0.25) is 0 Å². The summed E-state index contributed by atoms with van der Waals surface area (Å²) >= 11 is 3.50. The topological polar surface area (TPSA) is 65.2 Å². The molecule has 0 saturated carbocycles. The lowest BCUT2D eigenvalue weighted by Crippen LogP contribution is -2.25. The number of aromatic nitrogens is 1. The summed E-state index contributed by atoms with van der Waals surface area (Å²) in [6, 6.07) is 13.9. The van der Waals surface area contributed by atoms with E-state index in [1.807, 2.05) is 54.3 Å². The first-order chi connectivity index (χ1) is 13.5. The number of aryl methyl sites for hydroxylation is 1. The van der Waals surface area contributed by atoms with Crippen LogP contribution < -0.4 is 10.2 Å². The molecule has 0 radical (unpaired) electrons. The van der Waals surface area contributed by atoms with E-state index >= 15 is 0 Å². The molecular weight excluding hydrogens is 418 g/mol. The highest BCUT2D eigenvalue weighted by atomic mass is 79.9. The SMILES string of the molecule is Cc1[nH]c2ccc(Br)cc2c1CC(=O)NCc1ccc(N2CCCC2=O)cc1. The summed E-state index contributed by atoms with van der Waals surface area (Å²) in [7, 11) is 0. The summed E-state index contributed by atoms with van der Waals surface area (Å²) in [5.41, 5.74) is 5.02. The normalized spacial score (nSPS) is 14.1. The summed E-state index contributed by atoms with van der Waals surface area (Å²) in [5.74, 6) is 0.171. The second kappa shape index (κ2) is 7.80. The Balaban J connectivity index is 1.39. The molecule has 4 rings (SSSR count). The van der Waals surface area contributed by atoms with Crippen LogP contribution in [0.1, 0.15) is 29.7 Å². The van der Waals surface area contributed by atoms with Crippen molar-refractivity contribution in [3.63, 3.8) is 0 Å². The van der Waals surface area contributed by atoms with Gasteiger partial charge in [-0.15, -0.1) is 0 Å². The van der Waals surface area contributed by atoms with Crippen molar-refractivity contribution in [2.24, 2.45) is 0 Å². The number of H-pyrrole nitrogens is 1. The predicted molar refractivity (Wildman–Crippen MR) is 114 cm³/mol. The van der Waals surface area contributed by atoms with Crippen LogP contribution in [0, 0.1) is 6.92 Å². The molecule has 2 heterocycles. The van der Waals surface area contributed by atoms with Crippen molar-refractivity contribution in [3.8, 4) is 0 Å². The van der Waals surface area contributed by atoms with Gasteiger partial charge >= 0.3 is 0 Å². The van der Waals surface area contributed by atoms with E-state index in [1.54, 1.807) is 0 Å². The Labute approximate surface area is 172 Å². The van der Waals surface area contributed by atoms with Crippen molar-refractivity contribution in [2.75, 3.05) is 11.4 Å². The molecule has 0 aliphatic carbocycles. The summed E-state index contributed by atoms with van der Waals surface area (Å²) < 4.78 is 0.997. The highest BCUT2D eigenvalue weighted by Crippen LogP contribution is 2.26. The third-order valence-electron chi connectivity index (χ3n) is 5.23. The van der Waals surface area contributed by atoms with Crippen molar-refractivity contribution in [1.82, 2.24) is 10.3 Å². The van der Waals surface area contributed by atoms with Gasteiger partial charge in [0.15, 0.2) is 0 Å². The Morgan fingerprint density at radius 2 is 2.00 bits per heavy atom. The Kier molecular flexibility index (Phi) is 5.22. The van der Waals surface area contributed by atoms with Crippen molar-refractivity contribution in [3.05, 3.63) is 63.8 Å². The number of nitrogens with zero attached hydrogens (tertiary/aromatic N) is 1. The number of rotatable bonds is 5. The number of amides is 2. The number of carbonyl (C=O) groups excluding carboxylic acids is 2. The molecule has 1 saturated heterocycles. The zero-order valence-corrected chi connectivity index (χ0v) is 17.3. The Morgan fingerprint density at radius 3 is 2.71 bits per heavy atom. The molecule has 2 N–H and O–H groups in total. The highest BCUT2D eigenvalue weighted by Gasteiger charge is 2.21. The first-order valence-electron chi connectivity index (χ1n) is 9.44. The average Bonchev–Trinajstić information content (AvgIpc) is 3.24. The molecule has 5 nitrogen and oxygen atoms in total. The van der Waals surface area contributed by atoms with Crippen molar-refractivity contribution < 1.29 is 9.59 Å². The maximum absolute atomic E-state index is 12.5. The van der Waals surface area contributed by atoms with Gasteiger partial charge in [-0.1, -0.05) is 28.1 Å². The van der Waals surface area contributed by atoms with Crippen molar-refractivity contribution >= 4 is 44.3 Å². The van der Waals surface area contributed by atoms with Crippen LogP contribution in [0.3, 0.4) is 0 Å². The van der Waals surface area contributed by atoms with Gasteiger partial charge in [-0.25, -0.2) is 0 Å². The van der Waals surface area contributed by atoms with Crippen LogP contribution in [0.5, 0.6) is 0 Å². The zero-order valence-electron chi connectivity index (χ0n) is 15.7. The van der Waals surface area contributed by atoms with Gasteiger partial charge in [0.1, 0.15) is 0 Å². The largest absolute Gasteiger partial charge is 0.358 e. The molecule has 6 heteroatoms. The third kappa shape index (κ3) is 3.83. The quantitative estimate of drug-likeness (QED) is 0.624. The van der Waals surface area contributed by atoms with Gasteiger partial charge in [-0.05, 0) is 54.8 Å². The van der Waals surface area contributed by atoms with E-state index in [0.29, 0.717) is 19.4 Å². The fourth-order valence-corrected chi connectivity index (χ4v) is 4.08. The standard InChI is InChI=1S/C22H22BrN3O2/c1-14-18(19-11-16(23)6-9-20(19)25-14)12-21(27)24-13-15-4-7-17(8-5-15)26-10-2-3-22(26)28/h4-9,11,25H,2-3,10,12-13H2,1H3,(H,24,27). The number of carbonyl (C=O) groups is 2. The fourth-order valence-electron chi connectivity index (χ4n) is 3.72. The van der Waals surface area contributed by atoms with Gasteiger partial charge in [-0.3, -0.25) is 9.59 Å². The molecule has 1 aliphatic heterocycles. The number of halogens is 1. The van der Waals surface area contributed by atoms with Crippen molar-refractivity contribution in [1.29, 1.82) is 0 Å². The molecule has 0 unspecified atom stereocenters.